The minimum atomic E-state index is -3.45. The zero-order chi connectivity index (χ0) is 16.2. The van der Waals surface area contributed by atoms with Crippen LogP contribution in [0.1, 0.15) is 19.7 Å². The number of aromatic nitrogens is 2. The van der Waals surface area contributed by atoms with E-state index in [1.165, 1.54) is 12.1 Å². The molecule has 1 aromatic heterocycles. The van der Waals surface area contributed by atoms with E-state index in [4.69, 9.17) is 4.52 Å². The van der Waals surface area contributed by atoms with E-state index < -0.39 is 10.0 Å². The minimum absolute atomic E-state index is 0. The molecule has 9 heteroatoms. The molecule has 0 bridgehead atoms. The SMILES string of the molecule is CCNS(=O)(=O)c1ccc(-c2nc(CC(C)NC)no2)cc1.Cl. The van der Waals surface area contributed by atoms with Gasteiger partial charge in [0.1, 0.15) is 0 Å². The third-order valence-electron chi connectivity index (χ3n) is 3.20. The average molecular weight is 361 g/mol. The maximum Gasteiger partial charge on any atom is 0.257 e. The van der Waals surface area contributed by atoms with Gasteiger partial charge in [-0.05, 0) is 38.2 Å². The molecule has 1 aromatic carbocycles. The van der Waals surface area contributed by atoms with Crippen LogP contribution in [-0.4, -0.2) is 38.2 Å². The first-order chi connectivity index (χ1) is 10.5. The Labute approximate surface area is 142 Å². The Kier molecular flexibility index (Phi) is 7.14. The van der Waals surface area contributed by atoms with Gasteiger partial charge in [0.15, 0.2) is 5.82 Å². The Balaban J connectivity index is 0.00000264. The van der Waals surface area contributed by atoms with Gasteiger partial charge in [0.2, 0.25) is 10.0 Å². The number of nitrogens with zero attached hydrogens (tertiary/aromatic N) is 2. The van der Waals surface area contributed by atoms with Crippen molar-refractivity contribution >= 4 is 22.4 Å². The summed E-state index contributed by atoms with van der Waals surface area (Å²) in [5.41, 5.74) is 0.686. The zero-order valence-corrected chi connectivity index (χ0v) is 14.9. The van der Waals surface area contributed by atoms with Crippen molar-refractivity contribution in [1.29, 1.82) is 0 Å². The highest BCUT2D eigenvalue weighted by Gasteiger charge is 2.15. The van der Waals surface area contributed by atoms with E-state index in [9.17, 15) is 8.42 Å². The molecule has 0 radical (unpaired) electrons. The lowest BCUT2D eigenvalue weighted by Gasteiger charge is -2.05. The standard InChI is InChI=1S/C14H20N4O3S.ClH/c1-4-16-22(19,20)12-7-5-11(6-8-12)14-17-13(18-21-14)9-10(2)15-3;/h5-8,10,15-16H,4,9H2,1-3H3;1H. The largest absolute Gasteiger partial charge is 0.334 e. The average Bonchev–Trinajstić information content (AvgIpc) is 2.95. The number of hydrogen-bond donors (Lipinski definition) is 2. The predicted octanol–water partition coefficient (Wildman–Crippen LogP) is 1.61. The minimum Gasteiger partial charge on any atom is -0.334 e. The summed E-state index contributed by atoms with van der Waals surface area (Å²) in [5.74, 6) is 0.992. The number of sulfonamides is 1. The van der Waals surface area contributed by atoms with Crippen LogP contribution >= 0.6 is 12.4 Å². The van der Waals surface area contributed by atoms with E-state index in [1.807, 2.05) is 14.0 Å². The molecule has 7 nitrogen and oxygen atoms in total. The van der Waals surface area contributed by atoms with Crippen LogP contribution in [0.2, 0.25) is 0 Å². The van der Waals surface area contributed by atoms with Crippen molar-refractivity contribution in [1.82, 2.24) is 20.2 Å². The number of nitrogens with one attached hydrogen (secondary N) is 2. The third-order valence-corrected chi connectivity index (χ3v) is 4.76. The smallest absolute Gasteiger partial charge is 0.257 e. The Morgan fingerprint density at radius 3 is 2.48 bits per heavy atom. The molecule has 2 N–H and O–H groups in total. The second-order valence-corrected chi connectivity index (χ2v) is 6.70. The van der Waals surface area contributed by atoms with Crippen molar-refractivity contribution in [3.63, 3.8) is 0 Å². The Morgan fingerprint density at radius 2 is 1.91 bits per heavy atom. The molecule has 0 amide bonds. The molecule has 0 saturated heterocycles. The normalized spacial score (nSPS) is 12.7. The van der Waals surface area contributed by atoms with Crippen LogP contribution in [0.5, 0.6) is 0 Å². The van der Waals surface area contributed by atoms with E-state index in [1.54, 1.807) is 19.1 Å². The van der Waals surface area contributed by atoms with Gasteiger partial charge in [0, 0.05) is 24.6 Å². The lowest BCUT2D eigenvalue weighted by atomic mass is 10.2. The summed E-state index contributed by atoms with van der Waals surface area (Å²) >= 11 is 0. The van der Waals surface area contributed by atoms with Crippen molar-refractivity contribution in [3.05, 3.63) is 30.1 Å². The van der Waals surface area contributed by atoms with E-state index in [0.717, 1.165) is 0 Å². The lowest BCUT2D eigenvalue weighted by Crippen LogP contribution is -2.24. The summed E-state index contributed by atoms with van der Waals surface area (Å²) in [7, 11) is -1.58. The molecule has 2 rings (SSSR count). The van der Waals surface area contributed by atoms with Gasteiger partial charge in [0.05, 0.1) is 4.90 Å². The topological polar surface area (TPSA) is 97.1 Å². The molecular formula is C14H21ClN4O3S. The summed E-state index contributed by atoms with van der Waals surface area (Å²) < 4.78 is 31.4. The van der Waals surface area contributed by atoms with Crippen molar-refractivity contribution in [2.75, 3.05) is 13.6 Å². The fourth-order valence-electron chi connectivity index (χ4n) is 1.88. The van der Waals surface area contributed by atoms with Gasteiger partial charge in [-0.3, -0.25) is 0 Å². The lowest BCUT2D eigenvalue weighted by molar-refractivity contribution is 0.418. The van der Waals surface area contributed by atoms with Crippen molar-refractivity contribution in [2.24, 2.45) is 0 Å². The van der Waals surface area contributed by atoms with Gasteiger partial charge in [0.25, 0.3) is 5.89 Å². The van der Waals surface area contributed by atoms with Crippen LogP contribution in [0.25, 0.3) is 11.5 Å². The van der Waals surface area contributed by atoms with Gasteiger partial charge in [-0.2, -0.15) is 4.98 Å². The number of likely N-dealkylation sites (N-methyl/N-ethyl adjacent to an activating group) is 1. The second kappa shape index (κ2) is 8.39. The maximum absolute atomic E-state index is 11.9. The Hall–Kier alpha value is -1.48. The molecule has 0 fully saturated rings. The highest BCUT2D eigenvalue weighted by atomic mass is 35.5. The fourth-order valence-corrected chi connectivity index (χ4v) is 2.92. The maximum atomic E-state index is 11.9. The number of rotatable bonds is 7. The Morgan fingerprint density at radius 1 is 1.26 bits per heavy atom. The molecular weight excluding hydrogens is 340 g/mol. The van der Waals surface area contributed by atoms with Crippen molar-refractivity contribution in [3.8, 4) is 11.5 Å². The summed E-state index contributed by atoms with van der Waals surface area (Å²) in [6.45, 7) is 4.11. The quantitative estimate of drug-likeness (QED) is 0.778. The van der Waals surface area contributed by atoms with Crippen LogP contribution in [0.4, 0.5) is 0 Å². The highest BCUT2D eigenvalue weighted by molar-refractivity contribution is 7.89. The van der Waals surface area contributed by atoms with Gasteiger partial charge in [-0.1, -0.05) is 12.1 Å². The highest BCUT2D eigenvalue weighted by Crippen LogP contribution is 2.20. The van der Waals surface area contributed by atoms with Crippen LogP contribution in [0.15, 0.2) is 33.7 Å². The summed E-state index contributed by atoms with van der Waals surface area (Å²) in [6, 6.07) is 6.60. The predicted molar refractivity (Wildman–Crippen MR) is 90.1 cm³/mol. The second-order valence-electron chi connectivity index (χ2n) is 4.94. The van der Waals surface area contributed by atoms with Gasteiger partial charge in [-0.15, -0.1) is 12.4 Å². The molecule has 2 aromatic rings. The van der Waals surface area contributed by atoms with E-state index >= 15 is 0 Å². The molecule has 23 heavy (non-hydrogen) atoms. The first kappa shape index (κ1) is 19.6. The molecule has 0 aliphatic rings. The van der Waals surface area contributed by atoms with Crippen LogP contribution in [0.3, 0.4) is 0 Å². The van der Waals surface area contributed by atoms with E-state index in [2.05, 4.69) is 20.2 Å². The molecule has 0 spiro atoms. The third kappa shape index (κ3) is 5.00. The van der Waals surface area contributed by atoms with Crippen LogP contribution < -0.4 is 10.0 Å². The van der Waals surface area contributed by atoms with Crippen LogP contribution in [-0.2, 0) is 16.4 Å². The van der Waals surface area contributed by atoms with Crippen molar-refractivity contribution in [2.45, 2.75) is 31.2 Å². The van der Waals surface area contributed by atoms with Gasteiger partial charge < -0.3 is 9.84 Å². The number of halogens is 1. The zero-order valence-electron chi connectivity index (χ0n) is 13.2. The number of hydrogen-bond acceptors (Lipinski definition) is 6. The van der Waals surface area contributed by atoms with Crippen molar-refractivity contribution < 1.29 is 12.9 Å². The molecule has 0 saturated carbocycles. The molecule has 128 valence electrons. The molecule has 1 heterocycles. The fraction of sp³-hybridized carbons (Fsp3) is 0.429. The van der Waals surface area contributed by atoms with Gasteiger partial charge >= 0.3 is 0 Å². The Bertz CT molecular complexity index is 716. The van der Waals surface area contributed by atoms with Crippen LogP contribution in [0, 0.1) is 0 Å². The monoisotopic (exact) mass is 360 g/mol. The van der Waals surface area contributed by atoms with E-state index in [0.29, 0.717) is 30.2 Å². The summed E-state index contributed by atoms with van der Waals surface area (Å²) in [6.07, 6.45) is 0.660. The first-order valence-corrected chi connectivity index (χ1v) is 8.54. The molecule has 0 aliphatic carbocycles. The first-order valence-electron chi connectivity index (χ1n) is 7.06. The van der Waals surface area contributed by atoms with E-state index in [-0.39, 0.29) is 23.3 Å². The van der Waals surface area contributed by atoms with Gasteiger partial charge in [-0.25, -0.2) is 13.1 Å². The summed E-state index contributed by atoms with van der Waals surface area (Å²) in [4.78, 5) is 4.52. The number of benzene rings is 1. The molecule has 0 aliphatic heterocycles. The molecule has 1 atom stereocenters. The summed E-state index contributed by atoms with van der Waals surface area (Å²) in [5, 5.41) is 7.03. The molecule has 1 unspecified atom stereocenters.